The second-order valence-electron chi connectivity index (χ2n) is 2.88. The maximum atomic E-state index is 11.5. The van der Waals surface area contributed by atoms with Crippen molar-refractivity contribution in [3.05, 3.63) is 12.7 Å². The Morgan fingerprint density at radius 3 is 2.73 bits per heavy atom. The number of hydrogen-bond acceptors (Lipinski definition) is 3. The molecule has 0 aliphatic heterocycles. The van der Waals surface area contributed by atoms with E-state index in [2.05, 4.69) is 17.2 Å². The van der Waals surface area contributed by atoms with Crippen LogP contribution in [0.5, 0.6) is 0 Å². The summed E-state index contributed by atoms with van der Waals surface area (Å²) in [5.41, 5.74) is 4.97. The van der Waals surface area contributed by atoms with Gasteiger partial charge in [0.1, 0.15) is 6.04 Å². The fourth-order valence-corrected chi connectivity index (χ4v) is 1.44. The maximum Gasteiger partial charge on any atom is 0.312 e. The Kier molecular flexibility index (Phi) is 7.53. The molecule has 0 spiro atoms. The predicted octanol–water partition coefficient (Wildman–Crippen LogP) is 0.0786. The van der Waals surface area contributed by atoms with Gasteiger partial charge in [-0.25, -0.2) is 4.79 Å². The molecule has 0 rings (SSSR count). The van der Waals surface area contributed by atoms with E-state index in [-0.39, 0.29) is 5.91 Å². The molecule has 0 heterocycles. The number of urea groups is 1. The lowest BCUT2D eigenvalue weighted by Gasteiger charge is -2.15. The second-order valence-corrected chi connectivity index (χ2v) is 3.86. The molecule has 0 unspecified atom stereocenters. The van der Waals surface area contributed by atoms with Crippen LogP contribution in [0.2, 0.25) is 0 Å². The summed E-state index contributed by atoms with van der Waals surface area (Å²) < 4.78 is 0. The lowest BCUT2D eigenvalue weighted by Crippen LogP contribution is -2.48. The van der Waals surface area contributed by atoms with Gasteiger partial charge in [-0.1, -0.05) is 6.08 Å². The molecule has 0 aromatic rings. The minimum Gasteiger partial charge on any atom is -0.352 e. The minimum absolute atomic E-state index is 0.234. The van der Waals surface area contributed by atoms with E-state index in [4.69, 9.17) is 5.73 Å². The Morgan fingerprint density at radius 2 is 2.27 bits per heavy atom. The van der Waals surface area contributed by atoms with E-state index in [1.807, 2.05) is 6.26 Å². The molecule has 0 radical (unpaired) electrons. The first-order valence-electron chi connectivity index (χ1n) is 4.55. The fraction of sp³-hybridized carbons (Fsp3) is 0.556. The summed E-state index contributed by atoms with van der Waals surface area (Å²) in [4.78, 5) is 22.2. The number of rotatable bonds is 7. The van der Waals surface area contributed by atoms with E-state index in [0.717, 1.165) is 5.75 Å². The van der Waals surface area contributed by atoms with Gasteiger partial charge >= 0.3 is 6.03 Å². The first-order valence-corrected chi connectivity index (χ1v) is 5.94. The molecule has 0 aliphatic carbocycles. The molecule has 0 bridgehead atoms. The van der Waals surface area contributed by atoms with Gasteiger partial charge in [0, 0.05) is 6.54 Å². The van der Waals surface area contributed by atoms with Crippen molar-refractivity contribution >= 4 is 23.7 Å². The molecule has 0 aliphatic rings. The van der Waals surface area contributed by atoms with Crippen molar-refractivity contribution in [2.24, 2.45) is 5.73 Å². The maximum absolute atomic E-state index is 11.5. The molecule has 15 heavy (non-hydrogen) atoms. The van der Waals surface area contributed by atoms with Crippen LogP contribution < -0.4 is 16.4 Å². The molecule has 86 valence electrons. The molecule has 6 heteroatoms. The van der Waals surface area contributed by atoms with Crippen molar-refractivity contribution < 1.29 is 9.59 Å². The van der Waals surface area contributed by atoms with Gasteiger partial charge in [0.15, 0.2) is 0 Å². The molecule has 0 aromatic carbocycles. The van der Waals surface area contributed by atoms with Gasteiger partial charge in [-0.2, -0.15) is 11.8 Å². The average Bonchev–Trinajstić information content (AvgIpc) is 2.20. The highest BCUT2D eigenvalue weighted by atomic mass is 32.2. The predicted molar refractivity (Wildman–Crippen MR) is 62.7 cm³/mol. The minimum atomic E-state index is -0.685. The van der Waals surface area contributed by atoms with Crippen molar-refractivity contribution in [3.63, 3.8) is 0 Å². The molecule has 0 saturated carbocycles. The smallest absolute Gasteiger partial charge is 0.312 e. The Bertz CT molecular complexity index is 233. The number of nitrogens with one attached hydrogen (secondary N) is 2. The summed E-state index contributed by atoms with van der Waals surface area (Å²) in [5.74, 6) is 0.551. The quantitative estimate of drug-likeness (QED) is 0.542. The van der Waals surface area contributed by atoms with Crippen LogP contribution in [0.25, 0.3) is 0 Å². The van der Waals surface area contributed by atoms with Gasteiger partial charge in [-0.15, -0.1) is 6.58 Å². The number of hydrogen-bond donors (Lipinski definition) is 3. The molecule has 0 saturated heterocycles. The number of nitrogens with two attached hydrogens (primary N) is 1. The van der Waals surface area contributed by atoms with Gasteiger partial charge in [0.25, 0.3) is 0 Å². The first-order chi connectivity index (χ1) is 7.11. The second kappa shape index (κ2) is 8.16. The van der Waals surface area contributed by atoms with Crippen LogP contribution in [-0.4, -0.2) is 36.5 Å². The molecular weight excluding hydrogens is 214 g/mol. The third-order valence-electron chi connectivity index (χ3n) is 1.66. The van der Waals surface area contributed by atoms with Crippen LogP contribution in [0.3, 0.4) is 0 Å². The lowest BCUT2D eigenvalue weighted by atomic mass is 10.2. The zero-order valence-corrected chi connectivity index (χ0v) is 9.60. The summed E-state index contributed by atoms with van der Waals surface area (Å²) in [6.07, 6.45) is 4.07. The Morgan fingerprint density at radius 1 is 1.60 bits per heavy atom. The van der Waals surface area contributed by atoms with Gasteiger partial charge in [-0.05, 0) is 18.4 Å². The highest BCUT2D eigenvalue weighted by molar-refractivity contribution is 7.98. The summed E-state index contributed by atoms with van der Waals surface area (Å²) in [5, 5.41) is 5.01. The zero-order chi connectivity index (χ0) is 11.7. The summed E-state index contributed by atoms with van der Waals surface area (Å²) in [6, 6.07) is -1.25. The average molecular weight is 231 g/mol. The van der Waals surface area contributed by atoms with Crippen LogP contribution in [0.4, 0.5) is 4.79 Å². The molecule has 4 N–H and O–H groups in total. The lowest BCUT2D eigenvalue weighted by molar-refractivity contribution is -0.122. The van der Waals surface area contributed by atoms with Crippen LogP contribution in [-0.2, 0) is 4.79 Å². The van der Waals surface area contributed by atoms with Crippen LogP contribution in [0, 0.1) is 0 Å². The zero-order valence-electron chi connectivity index (χ0n) is 8.79. The first kappa shape index (κ1) is 13.8. The molecule has 0 aromatic heterocycles. The Labute approximate surface area is 93.9 Å². The third-order valence-corrected chi connectivity index (χ3v) is 2.31. The van der Waals surface area contributed by atoms with E-state index in [1.165, 1.54) is 0 Å². The van der Waals surface area contributed by atoms with Crippen molar-refractivity contribution in [1.29, 1.82) is 0 Å². The third kappa shape index (κ3) is 6.84. The van der Waals surface area contributed by atoms with Crippen LogP contribution >= 0.6 is 11.8 Å². The van der Waals surface area contributed by atoms with Crippen molar-refractivity contribution in [2.45, 2.75) is 12.5 Å². The number of carbonyl (C=O) groups is 2. The van der Waals surface area contributed by atoms with E-state index in [0.29, 0.717) is 13.0 Å². The van der Waals surface area contributed by atoms with Gasteiger partial charge < -0.3 is 16.4 Å². The number of primary amides is 1. The summed E-state index contributed by atoms with van der Waals surface area (Å²) in [6.45, 7) is 3.87. The molecule has 3 amide bonds. The Balaban J connectivity index is 4.13. The van der Waals surface area contributed by atoms with Crippen LogP contribution in [0.1, 0.15) is 6.42 Å². The van der Waals surface area contributed by atoms with Gasteiger partial charge in [0.05, 0.1) is 0 Å². The Hall–Kier alpha value is -1.17. The van der Waals surface area contributed by atoms with Crippen LogP contribution in [0.15, 0.2) is 12.7 Å². The van der Waals surface area contributed by atoms with Gasteiger partial charge in [0.2, 0.25) is 5.91 Å². The summed E-state index contributed by atoms with van der Waals surface area (Å²) >= 11 is 1.61. The monoisotopic (exact) mass is 231 g/mol. The van der Waals surface area contributed by atoms with Crippen molar-refractivity contribution in [3.8, 4) is 0 Å². The van der Waals surface area contributed by atoms with E-state index >= 15 is 0 Å². The van der Waals surface area contributed by atoms with E-state index in [9.17, 15) is 9.59 Å². The van der Waals surface area contributed by atoms with Crippen molar-refractivity contribution in [1.82, 2.24) is 10.6 Å². The highest BCUT2D eigenvalue weighted by Crippen LogP contribution is 2.00. The standard InChI is InChI=1S/C9H17N3O2S/c1-3-5-11-8(13)7(4-6-15-2)12-9(10)14/h3,7H,1,4-6H2,2H3,(H,11,13)(H3,10,12,14)/t7-/m1/s1. The molecular formula is C9H17N3O2S. The topological polar surface area (TPSA) is 84.2 Å². The number of carbonyl (C=O) groups excluding carboxylic acids is 2. The number of thioether (sulfide) groups is 1. The largest absolute Gasteiger partial charge is 0.352 e. The normalized spacial score (nSPS) is 11.5. The fourth-order valence-electron chi connectivity index (χ4n) is 0.972. The number of amides is 3. The highest BCUT2D eigenvalue weighted by Gasteiger charge is 2.18. The van der Waals surface area contributed by atoms with E-state index in [1.54, 1.807) is 17.8 Å². The van der Waals surface area contributed by atoms with Crippen molar-refractivity contribution in [2.75, 3.05) is 18.6 Å². The molecule has 1 atom stereocenters. The molecule has 0 fully saturated rings. The van der Waals surface area contributed by atoms with Gasteiger partial charge in [-0.3, -0.25) is 4.79 Å². The SMILES string of the molecule is C=CCNC(=O)[C@@H](CCSC)NC(N)=O. The molecule has 5 nitrogen and oxygen atoms in total. The summed E-state index contributed by atoms with van der Waals surface area (Å²) in [7, 11) is 0. The van der Waals surface area contributed by atoms with E-state index < -0.39 is 12.1 Å².